The highest BCUT2D eigenvalue weighted by atomic mass is 35.5. The van der Waals surface area contributed by atoms with Gasteiger partial charge in [-0.3, -0.25) is 9.48 Å². The second-order valence-corrected chi connectivity index (χ2v) is 6.84. The first-order chi connectivity index (χ1) is 13.6. The van der Waals surface area contributed by atoms with Crippen molar-refractivity contribution < 1.29 is 9.32 Å². The van der Waals surface area contributed by atoms with Crippen LogP contribution in [0.25, 0.3) is 11.3 Å². The Bertz CT molecular complexity index is 1100. The van der Waals surface area contributed by atoms with Gasteiger partial charge in [-0.15, -0.1) is 0 Å². The third-order valence-corrected chi connectivity index (χ3v) is 4.78. The van der Waals surface area contributed by atoms with Crippen LogP contribution in [0, 0.1) is 0 Å². The van der Waals surface area contributed by atoms with Gasteiger partial charge in [0.25, 0.3) is 5.91 Å². The van der Waals surface area contributed by atoms with Crippen LogP contribution in [-0.2, 0) is 6.54 Å². The number of carbonyl (C=O) groups excluding carboxylic acids is 1. The fourth-order valence-electron chi connectivity index (χ4n) is 2.68. The number of amides is 1. The largest absolute Gasteiger partial charge is 0.355 e. The Balaban J connectivity index is 1.45. The fourth-order valence-corrected chi connectivity index (χ4v) is 3.19. The molecule has 0 atom stereocenters. The van der Waals surface area contributed by atoms with E-state index in [0.717, 1.165) is 11.1 Å². The topological polar surface area (TPSA) is 73.0 Å². The van der Waals surface area contributed by atoms with E-state index in [4.69, 9.17) is 27.7 Å². The minimum absolute atomic E-state index is 0.181. The zero-order valence-corrected chi connectivity index (χ0v) is 16.0. The van der Waals surface area contributed by atoms with Crippen LogP contribution < -0.4 is 5.32 Å². The first kappa shape index (κ1) is 18.3. The van der Waals surface area contributed by atoms with Crippen LogP contribution in [-0.4, -0.2) is 20.8 Å². The zero-order valence-electron chi connectivity index (χ0n) is 14.5. The average molecular weight is 413 g/mol. The van der Waals surface area contributed by atoms with Crippen molar-refractivity contribution in [1.29, 1.82) is 0 Å². The van der Waals surface area contributed by atoms with E-state index in [2.05, 4.69) is 15.6 Å². The van der Waals surface area contributed by atoms with Crippen LogP contribution in [0.3, 0.4) is 0 Å². The second kappa shape index (κ2) is 7.88. The second-order valence-electron chi connectivity index (χ2n) is 6.02. The molecule has 0 aliphatic heterocycles. The Morgan fingerprint density at radius 1 is 1.07 bits per heavy atom. The monoisotopic (exact) mass is 412 g/mol. The summed E-state index contributed by atoms with van der Waals surface area (Å²) in [5.74, 6) is 0.135. The molecule has 2 aromatic carbocycles. The van der Waals surface area contributed by atoms with Gasteiger partial charge in [-0.25, -0.2) is 0 Å². The lowest BCUT2D eigenvalue weighted by Gasteiger charge is -2.06. The Morgan fingerprint density at radius 3 is 2.57 bits per heavy atom. The average Bonchev–Trinajstić information content (AvgIpc) is 3.35. The number of anilines is 1. The molecule has 0 spiro atoms. The molecule has 2 heterocycles. The third kappa shape index (κ3) is 3.93. The molecule has 0 aliphatic rings. The van der Waals surface area contributed by atoms with Crippen molar-refractivity contribution in [2.45, 2.75) is 6.54 Å². The summed E-state index contributed by atoms with van der Waals surface area (Å²) in [6.45, 7) is 0.385. The highest BCUT2D eigenvalue weighted by Gasteiger charge is 2.15. The number of carbonyl (C=O) groups is 1. The van der Waals surface area contributed by atoms with E-state index in [9.17, 15) is 4.79 Å². The molecule has 1 amide bonds. The van der Waals surface area contributed by atoms with Gasteiger partial charge in [0.05, 0.1) is 18.4 Å². The molecule has 0 saturated heterocycles. The molecule has 4 aromatic rings. The zero-order chi connectivity index (χ0) is 19.5. The molecular weight excluding hydrogens is 399 g/mol. The van der Waals surface area contributed by atoms with Gasteiger partial charge in [0.1, 0.15) is 0 Å². The molecule has 0 bridgehead atoms. The summed E-state index contributed by atoms with van der Waals surface area (Å²) in [7, 11) is 0. The quantitative estimate of drug-likeness (QED) is 0.492. The molecule has 0 fully saturated rings. The molecule has 28 heavy (non-hydrogen) atoms. The first-order valence-corrected chi connectivity index (χ1v) is 9.14. The molecule has 1 N–H and O–H groups in total. The van der Waals surface area contributed by atoms with Gasteiger partial charge in [0.2, 0.25) is 0 Å². The van der Waals surface area contributed by atoms with Crippen molar-refractivity contribution in [3.8, 4) is 11.3 Å². The van der Waals surface area contributed by atoms with Gasteiger partial charge in [0.15, 0.2) is 11.5 Å². The maximum atomic E-state index is 12.4. The number of rotatable bonds is 5. The van der Waals surface area contributed by atoms with Crippen LogP contribution in [0.1, 0.15) is 16.1 Å². The molecule has 4 rings (SSSR count). The van der Waals surface area contributed by atoms with E-state index in [1.54, 1.807) is 41.3 Å². The molecule has 140 valence electrons. The van der Waals surface area contributed by atoms with E-state index >= 15 is 0 Å². The lowest BCUT2D eigenvalue weighted by molar-refractivity contribution is 0.101. The Kier molecular flexibility index (Phi) is 5.14. The Hall–Kier alpha value is -3.09. The van der Waals surface area contributed by atoms with Gasteiger partial charge in [-0.05, 0) is 12.1 Å². The summed E-state index contributed by atoms with van der Waals surface area (Å²) in [5.41, 5.74) is 2.31. The normalized spacial score (nSPS) is 10.8. The maximum Gasteiger partial charge on any atom is 0.277 e. The molecule has 2 aromatic heterocycles. The lowest BCUT2D eigenvalue weighted by Crippen LogP contribution is -2.11. The molecule has 6 nitrogen and oxygen atoms in total. The van der Waals surface area contributed by atoms with Crippen molar-refractivity contribution in [1.82, 2.24) is 14.9 Å². The number of hydrogen-bond acceptors (Lipinski definition) is 4. The van der Waals surface area contributed by atoms with Gasteiger partial charge in [-0.1, -0.05) is 64.8 Å². The van der Waals surface area contributed by atoms with E-state index in [-0.39, 0.29) is 11.6 Å². The number of nitrogens with one attached hydrogen (secondary N) is 1. The number of halogens is 2. The van der Waals surface area contributed by atoms with Gasteiger partial charge in [0, 0.05) is 33.4 Å². The minimum Gasteiger partial charge on any atom is -0.355 e. The summed E-state index contributed by atoms with van der Waals surface area (Å²) in [6.07, 6.45) is 3.23. The summed E-state index contributed by atoms with van der Waals surface area (Å²) in [5, 5.41) is 11.9. The Labute approximate surface area is 170 Å². The van der Waals surface area contributed by atoms with E-state index < -0.39 is 0 Å². The summed E-state index contributed by atoms with van der Waals surface area (Å²) in [4.78, 5) is 12.4. The van der Waals surface area contributed by atoms with E-state index in [1.165, 1.54) is 0 Å². The highest BCUT2D eigenvalue weighted by molar-refractivity contribution is 6.35. The number of hydrogen-bond donors (Lipinski definition) is 1. The van der Waals surface area contributed by atoms with Crippen LogP contribution in [0.5, 0.6) is 0 Å². The maximum absolute atomic E-state index is 12.4. The van der Waals surface area contributed by atoms with Gasteiger partial charge < -0.3 is 9.84 Å². The molecule has 0 radical (unpaired) electrons. The fraction of sp³-hybridized carbons (Fsp3) is 0.0500. The first-order valence-electron chi connectivity index (χ1n) is 8.39. The van der Waals surface area contributed by atoms with E-state index in [1.807, 2.05) is 30.3 Å². The van der Waals surface area contributed by atoms with Crippen LogP contribution in [0.15, 0.2) is 71.5 Å². The molecule has 0 aliphatic carbocycles. The van der Waals surface area contributed by atoms with Crippen LogP contribution in [0.4, 0.5) is 5.69 Å². The molecular formula is C20H14Cl2N4O2. The van der Waals surface area contributed by atoms with Crippen molar-refractivity contribution in [3.63, 3.8) is 0 Å². The van der Waals surface area contributed by atoms with Gasteiger partial charge in [-0.2, -0.15) is 5.10 Å². The summed E-state index contributed by atoms with van der Waals surface area (Å²) < 4.78 is 6.90. The standard InChI is InChI=1S/C20H14Cl2N4O2/c21-16-7-4-8-17(22)15(16)12-26-11-14(10-23-26)24-20(27)18-9-19(28-25-18)13-5-2-1-3-6-13/h1-11H,12H2,(H,24,27). The SMILES string of the molecule is O=C(Nc1cnn(Cc2c(Cl)cccc2Cl)c1)c1cc(-c2ccccc2)on1. The Morgan fingerprint density at radius 2 is 1.82 bits per heavy atom. The highest BCUT2D eigenvalue weighted by Crippen LogP contribution is 2.25. The number of benzene rings is 2. The molecule has 0 unspecified atom stereocenters. The van der Waals surface area contributed by atoms with Crippen molar-refractivity contribution in [3.05, 3.63) is 88.3 Å². The third-order valence-electron chi connectivity index (χ3n) is 4.07. The van der Waals surface area contributed by atoms with Crippen molar-refractivity contribution in [2.75, 3.05) is 5.32 Å². The summed E-state index contributed by atoms with van der Waals surface area (Å²) >= 11 is 12.4. The molecule has 0 saturated carbocycles. The smallest absolute Gasteiger partial charge is 0.277 e. The van der Waals surface area contributed by atoms with Crippen LogP contribution in [0.2, 0.25) is 10.0 Å². The lowest BCUT2D eigenvalue weighted by atomic mass is 10.1. The predicted molar refractivity (Wildman–Crippen MR) is 108 cm³/mol. The minimum atomic E-state index is -0.388. The van der Waals surface area contributed by atoms with Crippen molar-refractivity contribution in [2.24, 2.45) is 0 Å². The van der Waals surface area contributed by atoms with E-state index in [0.29, 0.717) is 28.0 Å². The van der Waals surface area contributed by atoms with Crippen LogP contribution >= 0.6 is 23.2 Å². The molecule has 8 heteroatoms. The van der Waals surface area contributed by atoms with Gasteiger partial charge >= 0.3 is 0 Å². The van der Waals surface area contributed by atoms with Crippen molar-refractivity contribution >= 4 is 34.8 Å². The predicted octanol–water partition coefficient (Wildman–Crippen LogP) is 5.15. The number of nitrogens with zero attached hydrogens (tertiary/aromatic N) is 3. The number of aromatic nitrogens is 3. The summed E-state index contributed by atoms with van der Waals surface area (Å²) in [6, 6.07) is 16.4.